The number of hydrogen-bond acceptors (Lipinski definition) is 4. The first-order valence-electron chi connectivity index (χ1n) is 6.40. The summed E-state index contributed by atoms with van der Waals surface area (Å²) in [4.78, 5) is 4.08. The summed E-state index contributed by atoms with van der Waals surface area (Å²) in [5.74, 6) is 0. The molecule has 21 heavy (non-hydrogen) atoms. The molecule has 1 heterocycles. The molecular formula is C14H16ClN3O2S. The molecule has 3 N–H and O–H groups in total. The van der Waals surface area contributed by atoms with Crippen LogP contribution in [-0.4, -0.2) is 19.9 Å². The highest BCUT2D eigenvalue weighted by Crippen LogP contribution is 2.19. The number of nitrogens with one attached hydrogen (secondary N) is 1. The van der Waals surface area contributed by atoms with E-state index in [0.717, 1.165) is 5.56 Å². The van der Waals surface area contributed by atoms with Gasteiger partial charge in [0, 0.05) is 30.5 Å². The van der Waals surface area contributed by atoms with Crippen LogP contribution in [0.2, 0.25) is 5.02 Å². The van der Waals surface area contributed by atoms with E-state index < -0.39 is 10.0 Å². The van der Waals surface area contributed by atoms with Crippen LogP contribution in [0.5, 0.6) is 0 Å². The Morgan fingerprint density at radius 1 is 1.19 bits per heavy atom. The lowest BCUT2D eigenvalue weighted by atomic mass is 10.2. The molecule has 0 bridgehead atoms. The van der Waals surface area contributed by atoms with Gasteiger partial charge in [-0.05, 0) is 47.9 Å². The van der Waals surface area contributed by atoms with Crippen molar-refractivity contribution < 1.29 is 8.42 Å². The van der Waals surface area contributed by atoms with E-state index >= 15 is 0 Å². The number of sulfonamides is 1. The predicted molar refractivity (Wildman–Crippen MR) is 82.5 cm³/mol. The molecule has 0 saturated carbocycles. The Balaban J connectivity index is 2.05. The van der Waals surface area contributed by atoms with E-state index in [9.17, 15) is 8.42 Å². The van der Waals surface area contributed by atoms with Crippen LogP contribution in [0.4, 0.5) is 0 Å². The zero-order valence-electron chi connectivity index (χ0n) is 11.3. The van der Waals surface area contributed by atoms with Crippen molar-refractivity contribution in [3.63, 3.8) is 0 Å². The maximum Gasteiger partial charge on any atom is 0.240 e. The van der Waals surface area contributed by atoms with E-state index in [0.29, 0.717) is 23.6 Å². The van der Waals surface area contributed by atoms with E-state index in [1.54, 1.807) is 18.5 Å². The third-order valence-electron chi connectivity index (χ3n) is 3.00. The zero-order chi connectivity index (χ0) is 15.3. The molecule has 1 aromatic carbocycles. The van der Waals surface area contributed by atoms with Crippen molar-refractivity contribution >= 4 is 21.6 Å². The van der Waals surface area contributed by atoms with Crippen molar-refractivity contribution in [2.75, 3.05) is 6.54 Å². The van der Waals surface area contributed by atoms with Gasteiger partial charge in [0.05, 0.1) is 4.90 Å². The number of nitrogens with two attached hydrogens (primary N) is 1. The smallest absolute Gasteiger partial charge is 0.240 e. The Kier molecular flexibility index (Phi) is 5.30. The molecule has 1 aromatic heterocycles. The molecule has 112 valence electrons. The van der Waals surface area contributed by atoms with Gasteiger partial charge in [-0.1, -0.05) is 11.6 Å². The monoisotopic (exact) mass is 325 g/mol. The Bertz CT molecular complexity index is 705. The Morgan fingerprint density at radius 3 is 2.57 bits per heavy atom. The molecule has 2 aromatic rings. The SMILES string of the molecule is NCc1cc(S(=O)(=O)NCCc2ccncc2)ccc1Cl. The molecule has 0 amide bonds. The van der Waals surface area contributed by atoms with Crippen LogP contribution in [0.15, 0.2) is 47.6 Å². The molecule has 5 nitrogen and oxygen atoms in total. The molecule has 7 heteroatoms. The minimum Gasteiger partial charge on any atom is -0.326 e. The molecule has 0 aliphatic rings. The van der Waals surface area contributed by atoms with Crippen molar-refractivity contribution in [2.24, 2.45) is 5.73 Å². The fraction of sp³-hybridized carbons (Fsp3) is 0.214. The Labute approximate surface area is 129 Å². The summed E-state index contributed by atoms with van der Waals surface area (Å²) in [5.41, 5.74) is 7.16. The van der Waals surface area contributed by atoms with Gasteiger partial charge in [0.25, 0.3) is 0 Å². The molecule has 0 fully saturated rings. The summed E-state index contributed by atoms with van der Waals surface area (Å²) in [6, 6.07) is 8.21. The summed E-state index contributed by atoms with van der Waals surface area (Å²) in [6.45, 7) is 0.506. The van der Waals surface area contributed by atoms with Gasteiger partial charge in [0.1, 0.15) is 0 Å². The van der Waals surface area contributed by atoms with Gasteiger partial charge < -0.3 is 5.73 Å². The Morgan fingerprint density at radius 2 is 1.90 bits per heavy atom. The van der Waals surface area contributed by atoms with Crippen molar-refractivity contribution in [3.8, 4) is 0 Å². The molecular weight excluding hydrogens is 310 g/mol. The number of pyridine rings is 1. The summed E-state index contributed by atoms with van der Waals surface area (Å²) < 4.78 is 27.0. The summed E-state index contributed by atoms with van der Waals surface area (Å²) in [5, 5.41) is 0.466. The van der Waals surface area contributed by atoms with Crippen LogP contribution in [-0.2, 0) is 23.0 Å². The largest absolute Gasteiger partial charge is 0.326 e. The van der Waals surface area contributed by atoms with Gasteiger partial charge in [-0.3, -0.25) is 4.98 Å². The van der Waals surface area contributed by atoms with Crippen molar-refractivity contribution in [2.45, 2.75) is 17.9 Å². The molecule has 2 rings (SSSR count). The standard InChI is InChI=1S/C14H16ClN3O2S/c15-14-2-1-13(9-12(14)10-16)21(19,20)18-8-5-11-3-6-17-7-4-11/h1-4,6-7,9,18H,5,8,10,16H2. The normalized spacial score (nSPS) is 11.5. The zero-order valence-corrected chi connectivity index (χ0v) is 12.9. The highest BCUT2D eigenvalue weighted by atomic mass is 35.5. The predicted octanol–water partition coefficient (Wildman–Crippen LogP) is 1.71. The van der Waals surface area contributed by atoms with Gasteiger partial charge in [-0.25, -0.2) is 13.1 Å². The minimum absolute atomic E-state index is 0.169. The fourth-order valence-electron chi connectivity index (χ4n) is 1.84. The second kappa shape index (κ2) is 7.00. The second-order valence-corrected chi connectivity index (χ2v) is 6.63. The number of aromatic nitrogens is 1. The number of benzene rings is 1. The molecule has 0 radical (unpaired) electrons. The summed E-state index contributed by atoms with van der Waals surface area (Å²) in [7, 11) is -3.56. The van der Waals surface area contributed by atoms with Crippen LogP contribution >= 0.6 is 11.6 Å². The van der Waals surface area contributed by atoms with Crippen molar-refractivity contribution in [1.82, 2.24) is 9.71 Å². The van der Waals surface area contributed by atoms with Crippen LogP contribution in [0, 0.1) is 0 Å². The summed E-state index contributed by atoms with van der Waals surface area (Å²) in [6.07, 6.45) is 3.95. The van der Waals surface area contributed by atoms with E-state index in [2.05, 4.69) is 9.71 Å². The third kappa shape index (κ3) is 4.25. The third-order valence-corrected chi connectivity index (χ3v) is 4.83. The highest BCUT2D eigenvalue weighted by Gasteiger charge is 2.14. The first kappa shape index (κ1) is 15.9. The second-order valence-electron chi connectivity index (χ2n) is 4.46. The van der Waals surface area contributed by atoms with Crippen molar-refractivity contribution in [1.29, 1.82) is 0 Å². The van der Waals surface area contributed by atoms with E-state index in [1.807, 2.05) is 12.1 Å². The lowest BCUT2D eigenvalue weighted by molar-refractivity contribution is 0.581. The minimum atomic E-state index is -3.56. The van der Waals surface area contributed by atoms with Gasteiger partial charge in [0.2, 0.25) is 10.0 Å². The average molecular weight is 326 g/mol. The molecule has 0 unspecified atom stereocenters. The molecule has 0 aliphatic carbocycles. The molecule has 0 atom stereocenters. The molecule has 0 spiro atoms. The van der Waals surface area contributed by atoms with E-state index in [1.165, 1.54) is 12.1 Å². The number of rotatable bonds is 6. The lowest BCUT2D eigenvalue weighted by Gasteiger charge is -2.09. The number of hydrogen-bond donors (Lipinski definition) is 2. The number of nitrogens with zero attached hydrogens (tertiary/aromatic N) is 1. The molecule has 0 saturated heterocycles. The Hall–Kier alpha value is -1.47. The van der Waals surface area contributed by atoms with E-state index in [4.69, 9.17) is 17.3 Å². The van der Waals surface area contributed by atoms with Gasteiger partial charge in [-0.2, -0.15) is 0 Å². The first-order chi connectivity index (χ1) is 10.0. The fourth-order valence-corrected chi connectivity index (χ4v) is 3.11. The highest BCUT2D eigenvalue weighted by molar-refractivity contribution is 7.89. The van der Waals surface area contributed by atoms with Gasteiger partial charge in [0.15, 0.2) is 0 Å². The van der Waals surface area contributed by atoms with Crippen molar-refractivity contribution in [3.05, 3.63) is 58.9 Å². The van der Waals surface area contributed by atoms with Crippen LogP contribution < -0.4 is 10.5 Å². The maximum absolute atomic E-state index is 12.2. The lowest BCUT2D eigenvalue weighted by Crippen LogP contribution is -2.26. The first-order valence-corrected chi connectivity index (χ1v) is 8.26. The number of halogens is 1. The van der Waals surface area contributed by atoms with Gasteiger partial charge in [-0.15, -0.1) is 0 Å². The van der Waals surface area contributed by atoms with Crippen LogP contribution in [0.3, 0.4) is 0 Å². The quantitative estimate of drug-likeness (QED) is 0.846. The topological polar surface area (TPSA) is 85.1 Å². The van der Waals surface area contributed by atoms with E-state index in [-0.39, 0.29) is 11.4 Å². The molecule has 0 aliphatic heterocycles. The summed E-state index contributed by atoms with van der Waals surface area (Å²) >= 11 is 5.93. The van der Waals surface area contributed by atoms with Gasteiger partial charge >= 0.3 is 0 Å². The maximum atomic E-state index is 12.2. The van der Waals surface area contributed by atoms with Crippen LogP contribution in [0.1, 0.15) is 11.1 Å². The average Bonchev–Trinajstić information content (AvgIpc) is 2.48. The van der Waals surface area contributed by atoms with Crippen LogP contribution in [0.25, 0.3) is 0 Å².